The lowest BCUT2D eigenvalue weighted by Gasteiger charge is -2.44. The minimum absolute atomic E-state index is 0.0138. The first kappa shape index (κ1) is 21.2. The molecule has 0 saturated carbocycles. The van der Waals surface area contributed by atoms with E-state index < -0.39 is 0 Å². The van der Waals surface area contributed by atoms with Crippen molar-refractivity contribution in [2.75, 3.05) is 0 Å². The Kier molecular flexibility index (Phi) is 7.84. The summed E-state index contributed by atoms with van der Waals surface area (Å²) in [6.45, 7) is 15.5. The summed E-state index contributed by atoms with van der Waals surface area (Å²) < 4.78 is 23.7. The smallest absolute Gasteiger partial charge is 0.161 e. The van der Waals surface area contributed by atoms with Crippen molar-refractivity contribution in [1.82, 2.24) is 0 Å². The van der Waals surface area contributed by atoms with Crippen molar-refractivity contribution in [3.05, 3.63) is 0 Å². The monoisotopic (exact) mass is 372 g/mol. The van der Waals surface area contributed by atoms with Gasteiger partial charge < -0.3 is 14.2 Å². The summed E-state index contributed by atoms with van der Waals surface area (Å²) >= 11 is 0. The molecule has 2 fully saturated rings. The first-order valence-electron chi connectivity index (χ1n) is 9.91. The molecule has 2 saturated heterocycles. The molecule has 2 heterocycles. The molecule has 2 N–H and O–H groups in total. The first-order valence-corrected chi connectivity index (χ1v) is 10.8. The zero-order chi connectivity index (χ0) is 18.7. The van der Waals surface area contributed by atoms with Gasteiger partial charge in [-0.1, -0.05) is 48.0 Å². The summed E-state index contributed by atoms with van der Waals surface area (Å²) in [5, 5.41) is 0. The Morgan fingerprint density at radius 3 is 2.32 bits per heavy atom. The molecule has 146 valence electrons. The number of ether oxygens (including phenoxy) is 3. The molecule has 25 heavy (non-hydrogen) atoms. The molecule has 0 spiro atoms. The molecular weight excluding hydrogens is 335 g/mol. The highest BCUT2D eigenvalue weighted by atomic mass is 31.1. The lowest BCUT2D eigenvalue weighted by atomic mass is 9.85. The predicted molar refractivity (Wildman–Crippen MR) is 102 cm³/mol. The van der Waals surface area contributed by atoms with Gasteiger partial charge in [-0.2, -0.15) is 0 Å². The molecule has 10 atom stereocenters. The van der Waals surface area contributed by atoms with Gasteiger partial charge in [0, 0.05) is 11.8 Å². The summed E-state index contributed by atoms with van der Waals surface area (Å²) in [7, 11) is 0.540. The minimum Gasteiger partial charge on any atom is -0.373 e. The average Bonchev–Trinajstić information content (AvgIpc) is 2.88. The highest BCUT2D eigenvalue weighted by Gasteiger charge is 2.47. The van der Waals surface area contributed by atoms with Gasteiger partial charge in [0.15, 0.2) is 6.29 Å². The Hall–Kier alpha value is -0.0600. The number of hydrogen-bond donors (Lipinski definition) is 1. The van der Waals surface area contributed by atoms with Crippen LogP contribution in [0.25, 0.3) is 0 Å². The highest BCUT2D eigenvalue weighted by molar-refractivity contribution is 7.23. The molecule has 0 aromatic heterocycles. The molecular formula is C19H37N2O3P. The molecule has 0 aromatic rings. The molecule has 0 radical (unpaired) electrons. The molecule has 3 unspecified atom stereocenters. The fourth-order valence-electron chi connectivity index (χ4n) is 4.32. The van der Waals surface area contributed by atoms with Gasteiger partial charge in [-0.25, -0.2) is 4.74 Å². The summed E-state index contributed by atoms with van der Waals surface area (Å²) in [5.74, 6) is 1.69. The maximum Gasteiger partial charge on any atom is 0.161 e. The van der Waals surface area contributed by atoms with Crippen molar-refractivity contribution in [3.8, 4) is 0 Å². The van der Waals surface area contributed by atoms with Crippen molar-refractivity contribution >= 4 is 8.52 Å². The maximum atomic E-state index is 6.58. The topological polar surface area (TPSA) is 66.1 Å². The molecule has 0 aliphatic carbocycles. The summed E-state index contributed by atoms with van der Waals surface area (Å²) in [4.78, 5) is 0. The van der Waals surface area contributed by atoms with Crippen LogP contribution in [-0.4, -0.2) is 36.7 Å². The van der Waals surface area contributed by atoms with Crippen molar-refractivity contribution < 1.29 is 14.2 Å². The maximum absolute atomic E-state index is 6.58. The van der Waals surface area contributed by atoms with Crippen molar-refractivity contribution in [3.63, 3.8) is 0 Å². The zero-order valence-corrected chi connectivity index (χ0v) is 17.8. The molecule has 0 bridgehead atoms. The second kappa shape index (κ2) is 9.23. The van der Waals surface area contributed by atoms with Crippen LogP contribution in [0, 0.1) is 23.7 Å². The Morgan fingerprint density at radius 1 is 1.08 bits per heavy atom. The van der Waals surface area contributed by atoms with Gasteiger partial charge in [0.1, 0.15) is 6.04 Å². The largest absolute Gasteiger partial charge is 0.373 e. The Balaban J connectivity index is 2.16. The van der Waals surface area contributed by atoms with Crippen LogP contribution in [0.4, 0.5) is 0 Å². The van der Waals surface area contributed by atoms with Crippen molar-refractivity contribution in [1.29, 1.82) is 0 Å². The highest BCUT2D eigenvalue weighted by Crippen LogP contribution is 2.40. The molecule has 2 rings (SSSR count). The van der Waals surface area contributed by atoms with Gasteiger partial charge in [-0.3, -0.25) is 5.50 Å². The van der Waals surface area contributed by atoms with E-state index in [4.69, 9.17) is 19.7 Å². The summed E-state index contributed by atoms with van der Waals surface area (Å²) in [5.41, 5.74) is 5.70. The fraction of sp³-hybridized carbons (Fsp3) is 1.00. The van der Waals surface area contributed by atoms with Gasteiger partial charge >= 0.3 is 0 Å². The molecule has 0 amide bonds. The van der Waals surface area contributed by atoms with Crippen LogP contribution in [-0.2, 0) is 14.2 Å². The summed E-state index contributed by atoms with van der Waals surface area (Å²) in [6, 6.07) is -0.0433. The first-order chi connectivity index (χ1) is 11.8. The van der Waals surface area contributed by atoms with E-state index in [2.05, 4.69) is 53.2 Å². The number of rotatable bonds is 6. The van der Waals surface area contributed by atoms with E-state index in [0.717, 1.165) is 12.8 Å². The molecule has 0 aromatic carbocycles. The van der Waals surface area contributed by atoms with Gasteiger partial charge in [0.25, 0.3) is 0 Å². The number of nitrogens with two attached hydrogens (primary N) is 1. The lowest BCUT2D eigenvalue weighted by molar-refractivity contribution is -0.233. The van der Waals surface area contributed by atoms with E-state index in [1.54, 1.807) is 0 Å². The third-order valence-electron chi connectivity index (χ3n) is 6.48. The molecule has 5 nitrogen and oxygen atoms in total. The van der Waals surface area contributed by atoms with Gasteiger partial charge in [0.05, 0.1) is 32.9 Å². The number of nitrogens with zero attached hydrogens (tertiary/aromatic N) is 1. The Bertz CT molecular complexity index is 450. The van der Waals surface area contributed by atoms with E-state index in [0.29, 0.717) is 26.3 Å². The van der Waals surface area contributed by atoms with Gasteiger partial charge in [-0.05, 0) is 25.2 Å². The molecule has 2 aliphatic heterocycles. The van der Waals surface area contributed by atoms with Gasteiger partial charge in [0.2, 0.25) is 0 Å². The Labute approximate surface area is 155 Å². The van der Waals surface area contributed by atoms with Crippen LogP contribution >= 0.6 is 8.52 Å². The van der Waals surface area contributed by atoms with E-state index in [-0.39, 0.29) is 42.7 Å². The molecule has 2 aliphatic rings. The lowest BCUT2D eigenvalue weighted by Crippen LogP contribution is -2.53. The van der Waals surface area contributed by atoms with Crippen LogP contribution in [0.3, 0.4) is 0 Å². The normalized spacial score (nSPS) is 46.6. The zero-order valence-electron chi connectivity index (χ0n) is 16.9. The third-order valence-corrected chi connectivity index (χ3v) is 6.88. The van der Waals surface area contributed by atoms with E-state index in [1.807, 2.05) is 0 Å². The van der Waals surface area contributed by atoms with Crippen LogP contribution < -0.4 is 5.50 Å². The quantitative estimate of drug-likeness (QED) is 0.691. The van der Waals surface area contributed by atoms with Crippen LogP contribution in [0.5, 0.6) is 0 Å². The van der Waals surface area contributed by atoms with Crippen LogP contribution in [0.15, 0.2) is 4.74 Å². The second-order valence-corrected chi connectivity index (χ2v) is 8.50. The average molecular weight is 372 g/mol. The summed E-state index contributed by atoms with van der Waals surface area (Å²) in [6.07, 6.45) is 2.40. The van der Waals surface area contributed by atoms with Crippen LogP contribution in [0.1, 0.15) is 61.3 Å². The van der Waals surface area contributed by atoms with E-state index >= 15 is 0 Å². The number of hydrogen-bond acceptors (Lipinski definition) is 4. The Morgan fingerprint density at radius 2 is 1.76 bits per heavy atom. The fourth-order valence-corrected chi connectivity index (χ4v) is 4.80. The van der Waals surface area contributed by atoms with Crippen molar-refractivity contribution in [2.24, 2.45) is 33.9 Å². The molecule has 6 heteroatoms. The van der Waals surface area contributed by atoms with E-state index in [1.165, 1.54) is 0 Å². The predicted octanol–water partition coefficient (Wildman–Crippen LogP) is 4.62. The SMILES string of the molecule is CCC1O[C@@H](C)C(N=PN)[C@@H](O[C@@H]2O[C@@H]([C@H](C)CC)C(C)[C@@H]2C)[C@@H]1C. The minimum atomic E-state index is -0.170. The van der Waals surface area contributed by atoms with Gasteiger partial charge in [-0.15, -0.1) is 0 Å². The standard InChI is InChI=1S/C19H37N2O3P/c1-8-10(3)17-11(4)12(5)19(23-17)24-18-13(6)15(9-2)22-14(7)16(18)21-25-20/h10-19H,8-9H2,1-7H3,(H2,20,21)/t10-,11?,12+,13-,14+,15?,16?,17+,18+,19+/m1/s1. The van der Waals surface area contributed by atoms with E-state index in [9.17, 15) is 0 Å². The second-order valence-electron chi connectivity index (χ2n) is 8.04. The third kappa shape index (κ3) is 4.44. The van der Waals surface area contributed by atoms with Crippen molar-refractivity contribution in [2.45, 2.75) is 98.1 Å². The van der Waals surface area contributed by atoms with Crippen LogP contribution in [0.2, 0.25) is 0 Å².